The summed E-state index contributed by atoms with van der Waals surface area (Å²) < 4.78 is 34.8. The van der Waals surface area contributed by atoms with Gasteiger partial charge in [-0.1, -0.05) is 46.8 Å². The Bertz CT molecular complexity index is 1180. The predicted octanol–water partition coefficient (Wildman–Crippen LogP) is 6.25. The number of aliphatic hydroxyl groups excluding tert-OH is 1. The number of nitrogens with two attached hydrogens (primary N) is 1. The number of carbonyl (C=O) groups excluding carboxylic acids is 1. The highest BCUT2D eigenvalue weighted by atomic mass is 32.2. The SMILES string of the molecule is CC(=O)OC(C)(C)C.CCC(CC)(c1ccc(OCC(O)C(C)(C)C)c(C)c1)c1cc(C)c(S(N)(=O)=O)s1. The lowest BCUT2D eigenvalue weighted by atomic mass is 9.74. The molecule has 0 saturated heterocycles. The average Bonchev–Trinajstić information content (AvgIpc) is 3.14. The predicted molar refractivity (Wildman–Crippen MR) is 155 cm³/mol. The number of aryl methyl sites for hydroxylation is 2. The van der Waals surface area contributed by atoms with Gasteiger partial charge < -0.3 is 14.6 Å². The lowest BCUT2D eigenvalue weighted by Gasteiger charge is -2.32. The van der Waals surface area contributed by atoms with Crippen LogP contribution in [0.1, 0.15) is 96.7 Å². The van der Waals surface area contributed by atoms with Crippen LogP contribution in [0.4, 0.5) is 0 Å². The third-order valence-electron chi connectivity index (χ3n) is 6.38. The maximum Gasteiger partial charge on any atom is 0.303 e. The van der Waals surface area contributed by atoms with Crippen LogP contribution in [0.25, 0.3) is 0 Å². The van der Waals surface area contributed by atoms with Crippen molar-refractivity contribution in [2.24, 2.45) is 10.6 Å². The van der Waals surface area contributed by atoms with E-state index >= 15 is 0 Å². The van der Waals surface area contributed by atoms with Crippen LogP contribution in [0.15, 0.2) is 28.5 Å². The van der Waals surface area contributed by atoms with E-state index in [0.717, 1.165) is 34.6 Å². The maximum absolute atomic E-state index is 12.0. The van der Waals surface area contributed by atoms with Gasteiger partial charge in [-0.25, -0.2) is 13.6 Å². The molecule has 0 bridgehead atoms. The molecule has 0 aliphatic carbocycles. The first-order valence-electron chi connectivity index (χ1n) is 12.9. The monoisotopic (exact) mass is 569 g/mol. The van der Waals surface area contributed by atoms with Crippen LogP contribution >= 0.6 is 11.3 Å². The molecule has 1 unspecified atom stereocenters. The molecule has 0 spiro atoms. The lowest BCUT2D eigenvalue weighted by Crippen LogP contribution is -2.32. The molecule has 38 heavy (non-hydrogen) atoms. The quantitative estimate of drug-likeness (QED) is 0.363. The van der Waals surface area contributed by atoms with Crippen LogP contribution in [0, 0.1) is 19.3 Å². The molecule has 1 aromatic heterocycles. The normalized spacial score (nSPS) is 13.4. The van der Waals surface area contributed by atoms with Gasteiger partial charge in [0.15, 0.2) is 0 Å². The lowest BCUT2D eigenvalue weighted by molar-refractivity contribution is -0.151. The number of sulfonamides is 1. The fraction of sp³-hybridized carbons (Fsp3) is 0.621. The highest BCUT2D eigenvalue weighted by molar-refractivity contribution is 7.91. The number of aliphatic hydroxyl groups is 1. The number of hydrogen-bond acceptors (Lipinski definition) is 7. The molecule has 9 heteroatoms. The first kappa shape index (κ1) is 34.1. The van der Waals surface area contributed by atoms with Gasteiger partial charge in [-0.05, 0) is 81.7 Å². The van der Waals surface area contributed by atoms with Crippen LogP contribution in [-0.2, 0) is 25.0 Å². The van der Waals surface area contributed by atoms with Crippen molar-refractivity contribution in [1.29, 1.82) is 0 Å². The van der Waals surface area contributed by atoms with E-state index in [9.17, 15) is 18.3 Å². The molecule has 0 saturated carbocycles. The first-order chi connectivity index (χ1) is 17.2. The van der Waals surface area contributed by atoms with E-state index in [0.29, 0.717) is 5.56 Å². The highest BCUT2D eigenvalue weighted by Crippen LogP contribution is 2.45. The molecule has 1 atom stereocenters. The summed E-state index contributed by atoms with van der Waals surface area (Å²) in [6.45, 7) is 21.1. The highest BCUT2D eigenvalue weighted by Gasteiger charge is 2.34. The molecule has 1 aromatic carbocycles. The van der Waals surface area contributed by atoms with Gasteiger partial charge in [0.25, 0.3) is 0 Å². The summed E-state index contributed by atoms with van der Waals surface area (Å²) in [4.78, 5) is 11.2. The largest absolute Gasteiger partial charge is 0.491 e. The number of rotatable bonds is 8. The molecule has 2 aromatic rings. The van der Waals surface area contributed by atoms with Crippen LogP contribution in [0.2, 0.25) is 0 Å². The zero-order valence-electron chi connectivity index (χ0n) is 24.9. The number of esters is 1. The van der Waals surface area contributed by atoms with Gasteiger partial charge in [-0.15, -0.1) is 11.3 Å². The molecule has 216 valence electrons. The second kappa shape index (κ2) is 12.9. The first-order valence-corrected chi connectivity index (χ1v) is 15.3. The smallest absolute Gasteiger partial charge is 0.303 e. The number of benzene rings is 1. The Morgan fingerprint density at radius 3 is 1.92 bits per heavy atom. The van der Waals surface area contributed by atoms with E-state index in [4.69, 9.17) is 14.6 Å². The summed E-state index contributed by atoms with van der Waals surface area (Å²) in [5.41, 5.74) is 1.93. The Balaban J connectivity index is 0.000000781. The van der Waals surface area contributed by atoms with Crippen LogP contribution < -0.4 is 9.88 Å². The summed E-state index contributed by atoms with van der Waals surface area (Å²) in [5, 5.41) is 15.7. The molecule has 1 heterocycles. The van der Waals surface area contributed by atoms with Crippen molar-refractivity contribution < 1.29 is 27.8 Å². The van der Waals surface area contributed by atoms with E-state index in [-0.39, 0.29) is 33.2 Å². The molecule has 7 nitrogen and oxygen atoms in total. The van der Waals surface area contributed by atoms with E-state index in [1.807, 2.05) is 66.7 Å². The summed E-state index contributed by atoms with van der Waals surface area (Å²) in [5.74, 6) is 0.522. The fourth-order valence-electron chi connectivity index (χ4n) is 4.09. The van der Waals surface area contributed by atoms with Gasteiger partial charge in [0.05, 0.1) is 6.10 Å². The van der Waals surface area contributed by atoms with E-state index in [1.54, 1.807) is 6.92 Å². The number of hydrogen-bond donors (Lipinski definition) is 2. The molecule has 3 N–H and O–H groups in total. The number of primary sulfonamides is 1. The topological polar surface area (TPSA) is 116 Å². The van der Waals surface area contributed by atoms with Crippen molar-refractivity contribution in [3.63, 3.8) is 0 Å². The zero-order chi connectivity index (χ0) is 29.7. The zero-order valence-corrected chi connectivity index (χ0v) is 26.5. The van der Waals surface area contributed by atoms with Crippen molar-refractivity contribution in [1.82, 2.24) is 0 Å². The summed E-state index contributed by atoms with van der Waals surface area (Å²) in [7, 11) is -3.74. The summed E-state index contributed by atoms with van der Waals surface area (Å²) in [6, 6.07) is 8.06. The average molecular weight is 570 g/mol. The minimum atomic E-state index is -3.74. The van der Waals surface area contributed by atoms with Gasteiger partial charge in [0.1, 0.15) is 22.2 Å². The Kier molecular flexibility index (Phi) is 11.6. The third kappa shape index (κ3) is 9.36. The molecular weight excluding hydrogens is 522 g/mol. The second-order valence-corrected chi connectivity index (χ2v) is 14.6. The molecule has 0 radical (unpaired) electrons. The Morgan fingerprint density at radius 2 is 1.58 bits per heavy atom. The summed E-state index contributed by atoms with van der Waals surface area (Å²) >= 11 is 1.27. The number of thiophene rings is 1. The Hall–Kier alpha value is -1.94. The number of ether oxygens (including phenoxy) is 2. The molecule has 0 aliphatic rings. The van der Waals surface area contributed by atoms with Crippen molar-refractivity contribution >= 4 is 27.3 Å². The van der Waals surface area contributed by atoms with Gasteiger partial charge in [-0.3, -0.25) is 4.79 Å². The van der Waals surface area contributed by atoms with Crippen LogP contribution in [0.3, 0.4) is 0 Å². The standard InChI is InChI=1S/C23H35NO4S2.C6H12O2/c1-8-23(9-2,20-13-16(4)21(29-20)30(24,26)27)17-10-11-18(15(3)12-17)28-14-19(25)22(5,6)7;1-5(7)8-6(2,3)4/h10-13,19,25H,8-9,14H2,1-7H3,(H2,24,26,27);1-4H3. The van der Waals surface area contributed by atoms with E-state index in [2.05, 4.69) is 19.9 Å². The van der Waals surface area contributed by atoms with E-state index < -0.39 is 16.1 Å². The molecule has 0 aliphatic heterocycles. The molecule has 0 amide bonds. The minimum Gasteiger partial charge on any atom is -0.491 e. The Labute approximate surface area is 233 Å². The maximum atomic E-state index is 12.0. The van der Waals surface area contributed by atoms with Gasteiger partial charge in [0, 0.05) is 17.2 Å². The van der Waals surface area contributed by atoms with E-state index in [1.165, 1.54) is 18.3 Å². The number of carbonyl (C=O) groups is 1. The van der Waals surface area contributed by atoms with Crippen LogP contribution in [-0.4, -0.2) is 37.8 Å². The van der Waals surface area contributed by atoms with Crippen molar-refractivity contribution in [3.05, 3.63) is 45.8 Å². The van der Waals surface area contributed by atoms with Gasteiger partial charge in [0.2, 0.25) is 10.0 Å². The Morgan fingerprint density at radius 1 is 1.03 bits per heavy atom. The molecule has 2 rings (SSSR count). The summed E-state index contributed by atoms with van der Waals surface area (Å²) in [6.07, 6.45) is 1.10. The second-order valence-electron chi connectivity index (χ2n) is 11.8. The van der Waals surface area contributed by atoms with Crippen LogP contribution in [0.5, 0.6) is 5.75 Å². The molecular formula is C29H47NO6S2. The van der Waals surface area contributed by atoms with Crippen molar-refractivity contribution in [2.45, 2.75) is 110 Å². The van der Waals surface area contributed by atoms with Crippen molar-refractivity contribution in [3.8, 4) is 5.75 Å². The van der Waals surface area contributed by atoms with Crippen molar-refractivity contribution in [2.75, 3.05) is 6.61 Å². The van der Waals surface area contributed by atoms with Gasteiger partial charge in [-0.2, -0.15) is 0 Å². The van der Waals surface area contributed by atoms with Gasteiger partial charge >= 0.3 is 5.97 Å². The fourth-order valence-corrected chi connectivity index (χ4v) is 6.59. The molecule has 0 fully saturated rings. The minimum absolute atomic E-state index is 0.225. The third-order valence-corrected chi connectivity index (χ3v) is 9.40.